The maximum absolute atomic E-state index is 6.15. The monoisotopic (exact) mass is 246 g/mol. The molecule has 2 nitrogen and oxygen atoms in total. The van der Waals surface area contributed by atoms with Crippen molar-refractivity contribution >= 4 is 0 Å². The molecule has 2 fully saturated rings. The summed E-state index contributed by atoms with van der Waals surface area (Å²) >= 11 is 0. The summed E-state index contributed by atoms with van der Waals surface area (Å²) in [4.78, 5) is 0. The Hall–Kier alpha value is -0.860. The van der Waals surface area contributed by atoms with Crippen molar-refractivity contribution in [1.82, 2.24) is 0 Å². The minimum Gasteiger partial charge on any atom is -0.371 e. The second kappa shape index (κ2) is 4.67. The van der Waals surface area contributed by atoms with Gasteiger partial charge in [0.2, 0.25) is 0 Å². The molecule has 0 aromatic heterocycles. The molecule has 98 valence electrons. The van der Waals surface area contributed by atoms with Crippen molar-refractivity contribution in [1.29, 1.82) is 0 Å². The molecule has 1 saturated heterocycles. The average Bonchev–Trinajstić information content (AvgIpc) is 2.83. The normalized spacial score (nSPS) is 33.6. The SMILES string of the molecule is CC1(C)C[C@H]2CC[C@@H](OCc3ccccc3)C2O1. The summed E-state index contributed by atoms with van der Waals surface area (Å²) in [5.41, 5.74) is 1.29. The molecule has 3 atom stereocenters. The Labute approximate surface area is 109 Å². The van der Waals surface area contributed by atoms with Crippen molar-refractivity contribution in [3.05, 3.63) is 35.9 Å². The van der Waals surface area contributed by atoms with Crippen LogP contribution in [0, 0.1) is 5.92 Å². The summed E-state index contributed by atoms with van der Waals surface area (Å²) in [5.74, 6) is 0.709. The first-order valence-corrected chi connectivity index (χ1v) is 6.97. The molecule has 1 saturated carbocycles. The first-order valence-electron chi connectivity index (χ1n) is 6.97. The minimum atomic E-state index is 0.0457. The maximum atomic E-state index is 6.15. The van der Waals surface area contributed by atoms with E-state index in [2.05, 4.69) is 38.1 Å². The van der Waals surface area contributed by atoms with Gasteiger partial charge in [-0.1, -0.05) is 30.3 Å². The van der Waals surface area contributed by atoms with Crippen LogP contribution in [0.3, 0.4) is 0 Å². The molecule has 0 radical (unpaired) electrons. The van der Waals surface area contributed by atoms with E-state index in [1.165, 1.54) is 18.4 Å². The molecule has 1 aliphatic carbocycles. The molecule has 3 rings (SSSR count). The van der Waals surface area contributed by atoms with Gasteiger partial charge >= 0.3 is 0 Å². The lowest BCUT2D eigenvalue weighted by molar-refractivity contribution is -0.0939. The number of fused-ring (bicyclic) bond motifs is 1. The fraction of sp³-hybridized carbons (Fsp3) is 0.625. The summed E-state index contributed by atoms with van der Waals surface area (Å²) in [5, 5.41) is 0. The summed E-state index contributed by atoms with van der Waals surface area (Å²) in [6.07, 6.45) is 4.20. The summed E-state index contributed by atoms with van der Waals surface area (Å²) < 4.78 is 12.2. The predicted molar refractivity (Wildman–Crippen MR) is 71.3 cm³/mol. The lowest BCUT2D eigenvalue weighted by Gasteiger charge is -2.24. The first kappa shape index (κ1) is 12.2. The molecule has 0 amide bonds. The topological polar surface area (TPSA) is 18.5 Å². The van der Waals surface area contributed by atoms with Gasteiger partial charge in [0.25, 0.3) is 0 Å². The third-order valence-corrected chi connectivity index (χ3v) is 4.17. The van der Waals surface area contributed by atoms with E-state index in [0.717, 1.165) is 6.42 Å². The molecule has 1 unspecified atom stereocenters. The number of hydrogen-bond donors (Lipinski definition) is 0. The highest BCUT2D eigenvalue weighted by Crippen LogP contribution is 2.45. The van der Waals surface area contributed by atoms with Gasteiger partial charge in [-0.2, -0.15) is 0 Å². The van der Waals surface area contributed by atoms with Crippen LogP contribution in [0.4, 0.5) is 0 Å². The molecular weight excluding hydrogens is 224 g/mol. The Balaban J connectivity index is 1.58. The number of rotatable bonds is 3. The molecule has 1 aromatic carbocycles. The van der Waals surface area contributed by atoms with Gasteiger partial charge in [-0.05, 0) is 44.6 Å². The maximum Gasteiger partial charge on any atom is 0.0873 e. The Morgan fingerprint density at radius 2 is 2.00 bits per heavy atom. The molecule has 0 N–H and O–H groups in total. The van der Waals surface area contributed by atoms with Gasteiger partial charge in [0.1, 0.15) is 0 Å². The fourth-order valence-corrected chi connectivity index (χ4v) is 3.40. The molecule has 2 heteroatoms. The van der Waals surface area contributed by atoms with Crippen molar-refractivity contribution in [2.24, 2.45) is 5.92 Å². The zero-order valence-corrected chi connectivity index (χ0v) is 11.3. The van der Waals surface area contributed by atoms with E-state index >= 15 is 0 Å². The van der Waals surface area contributed by atoms with Crippen LogP contribution in [-0.2, 0) is 16.1 Å². The van der Waals surface area contributed by atoms with Crippen LogP contribution < -0.4 is 0 Å². The van der Waals surface area contributed by atoms with Crippen LogP contribution >= 0.6 is 0 Å². The van der Waals surface area contributed by atoms with E-state index in [1.54, 1.807) is 0 Å². The van der Waals surface area contributed by atoms with Crippen molar-refractivity contribution in [3.8, 4) is 0 Å². The van der Waals surface area contributed by atoms with Crippen molar-refractivity contribution in [3.63, 3.8) is 0 Å². The predicted octanol–water partition coefficient (Wildman–Crippen LogP) is 3.55. The second-order valence-corrected chi connectivity index (χ2v) is 6.22. The lowest BCUT2D eigenvalue weighted by Crippen LogP contribution is -2.29. The van der Waals surface area contributed by atoms with Gasteiger partial charge in [0, 0.05) is 0 Å². The van der Waals surface area contributed by atoms with Crippen molar-refractivity contribution in [2.45, 2.75) is 57.5 Å². The van der Waals surface area contributed by atoms with Gasteiger partial charge in [-0.3, -0.25) is 0 Å². The Morgan fingerprint density at radius 3 is 2.78 bits per heavy atom. The molecule has 18 heavy (non-hydrogen) atoms. The van der Waals surface area contributed by atoms with Crippen molar-refractivity contribution < 1.29 is 9.47 Å². The standard InChI is InChI=1S/C16H22O2/c1-16(2)10-13-8-9-14(15(13)18-16)17-11-12-6-4-3-5-7-12/h3-7,13-15H,8-11H2,1-2H3/t13-,14-,15?/m1/s1. The highest BCUT2D eigenvalue weighted by atomic mass is 16.6. The van der Waals surface area contributed by atoms with Crippen molar-refractivity contribution in [2.75, 3.05) is 0 Å². The van der Waals surface area contributed by atoms with E-state index in [1.807, 2.05) is 6.07 Å². The number of ether oxygens (including phenoxy) is 2. The Morgan fingerprint density at radius 1 is 1.22 bits per heavy atom. The smallest absolute Gasteiger partial charge is 0.0873 e. The largest absolute Gasteiger partial charge is 0.371 e. The fourth-order valence-electron chi connectivity index (χ4n) is 3.40. The number of hydrogen-bond acceptors (Lipinski definition) is 2. The average molecular weight is 246 g/mol. The highest BCUT2D eigenvalue weighted by Gasteiger charge is 2.48. The van der Waals surface area contributed by atoms with Gasteiger partial charge in [0.15, 0.2) is 0 Å². The molecule has 0 spiro atoms. The summed E-state index contributed by atoms with van der Waals surface area (Å²) in [6, 6.07) is 10.4. The second-order valence-electron chi connectivity index (χ2n) is 6.22. The molecule has 2 aliphatic rings. The van der Waals surface area contributed by atoms with Gasteiger partial charge < -0.3 is 9.47 Å². The third-order valence-electron chi connectivity index (χ3n) is 4.17. The van der Waals surface area contributed by atoms with Gasteiger partial charge in [0.05, 0.1) is 24.4 Å². The van der Waals surface area contributed by atoms with Crippen LogP contribution in [0.1, 0.15) is 38.7 Å². The summed E-state index contributed by atoms with van der Waals surface area (Å²) in [7, 11) is 0. The van der Waals surface area contributed by atoms with Gasteiger partial charge in [-0.15, -0.1) is 0 Å². The molecule has 1 aromatic rings. The van der Waals surface area contributed by atoms with E-state index in [4.69, 9.17) is 9.47 Å². The third kappa shape index (κ3) is 2.45. The minimum absolute atomic E-state index is 0.0457. The quantitative estimate of drug-likeness (QED) is 0.812. The lowest BCUT2D eigenvalue weighted by atomic mass is 9.95. The van der Waals surface area contributed by atoms with E-state index in [9.17, 15) is 0 Å². The van der Waals surface area contributed by atoms with Gasteiger partial charge in [-0.25, -0.2) is 0 Å². The van der Waals surface area contributed by atoms with Crippen LogP contribution in [0.15, 0.2) is 30.3 Å². The van der Waals surface area contributed by atoms with Crippen LogP contribution in [0.5, 0.6) is 0 Å². The Kier molecular flexibility index (Phi) is 3.16. The van der Waals surface area contributed by atoms with E-state index < -0.39 is 0 Å². The molecule has 1 heterocycles. The van der Waals surface area contributed by atoms with E-state index in [0.29, 0.717) is 18.6 Å². The Bertz CT molecular complexity index is 399. The zero-order chi connectivity index (χ0) is 12.6. The molecule has 0 bridgehead atoms. The highest BCUT2D eigenvalue weighted by molar-refractivity contribution is 5.13. The van der Waals surface area contributed by atoms with E-state index in [-0.39, 0.29) is 11.7 Å². The molecule has 1 aliphatic heterocycles. The van der Waals surface area contributed by atoms with Crippen LogP contribution in [0.2, 0.25) is 0 Å². The zero-order valence-electron chi connectivity index (χ0n) is 11.3. The molecular formula is C16H22O2. The van der Waals surface area contributed by atoms with Crippen LogP contribution in [0.25, 0.3) is 0 Å². The summed E-state index contributed by atoms with van der Waals surface area (Å²) in [6.45, 7) is 5.09. The number of benzene rings is 1. The van der Waals surface area contributed by atoms with Crippen LogP contribution in [-0.4, -0.2) is 17.8 Å². The first-order chi connectivity index (χ1) is 8.64.